The highest BCUT2D eigenvalue weighted by Gasteiger charge is 1.99. The first-order chi connectivity index (χ1) is 7.74. The molecule has 3 heteroatoms. The molecule has 1 aromatic heterocycles. The average Bonchev–Trinajstić information content (AvgIpc) is 2.70. The van der Waals surface area contributed by atoms with Crippen LogP contribution < -0.4 is 5.32 Å². The number of aryl methyl sites for hydroxylation is 1. The molecule has 92 valence electrons. The summed E-state index contributed by atoms with van der Waals surface area (Å²) in [6, 6.07) is 0. The molecule has 0 amide bonds. The lowest BCUT2D eigenvalue weighted by Crippen LogP contribution is -2.17. The topological polar surface area (TPSA) is 29.9 Å². The van der Waals surface area contributed by atoms with Crippen molar-refractivity contribution < 1.29 is 0 Å². The summed E-state index contributed by atoms with van der Waals surface area (Å²) in [5.74, 6) is 0.835. The minimum absolute atomic E-state index is 0.835. The Labute approximate surface area is 99.3 Å². The maximum Gasteiger partial charge on any atom is 0.0948 e. The maximum absolute atomic E-state index is 4.15. The van der Waals surface area contributed by atoms with Gasteiger partial charge in [-0.15, -0.1) is 0 Å². The van der Waals surface area contributed by atoms with Gasteiger partial charge in [0.25, 0.3) is 0 Å². The Morgan fingerprint density at radius 2 is 2.19 bits per heavy atom. The van der Waals surface area contributed by atoms with Crippen LogP contribution in [0.25, 0.3) is 0 Å². The normalized spacial score (nSPS) is 11.2. The highest BCUT2D eigenvalue weighted by atomic mass is 15.1. The molecule has 16 heavy (non-hydrogen) atoms. The van der Waals surface area contributed by atoms with Gasteiger partial charge in [-0.25, -0.2) is 4.98 Å². The molecule has 0 atom stereocenters. The van der Waals surface area contributed by atoms with E-state index in [1.165, 1.54) is 25.0 Å². The molecule has 0 unspecified atom stereocenters. The highest BCUT2D eigenvalue weighted by molar-refractivity contribution is 4.97. The van der Waals surface area contributed by atoms with Crippen LogP contribution in [-0.4, -0.2) is 16.1 Å². The van der Waals surface area contributed by atoms with E-state index in [9.17, 15) is 0 Å². The van der Waals surface area contributed by atoms with Crippen molar-refractivity contribution in [2.24, 2.45) is 5.92 Å². The van der Waals surface area contributed by atoms with Crippen LogP contribution in [0.15, 0.2) is 12.5 Å². The van der Waals surface area contributed by atoms with Crippen molar-refractivity contribution in [3.05, 3.63) is 18.2 Å². The van der Waals surface area contributed by atoms with Gasteiger partial charge in [-0.1, -0.05) is 26.7 Å². The highest BCUT2D eigenvalue weighted by Crippen LogP contribution is 2.05. The Morgan fingerprint density at radius 1 is 1.38 bits per heavy atom. The summed E-state index contributed by atoms with van der Waals surface area (Å²) in [6.45, 7) is 9.77. The number of hydrogen-bond donors (Lipinski definition) is 1. The van der Waals surface area contributed by atoms with E-state index in [1.54, 1.807) is 0 Å². The summed E-state index contributed by atoms with van der Waals surface area (Å²) >= 11 is 0. The van der Waals surface area contributed by atoms with E-state index < -0.39 is 0 Å². The Bertz CT molecular complexity index is 278. The van der Waals surface area contributed by atoms with Crippen LogP contribution in [0.2, 0.25) is 0 Å². The van der Waals surface area contributed by atoms with Gasteiger partial charge in [0.05, 0.1) is 12.0 Å². The molecule has 0 aliphatic carbocycles. The van der Waals surface area contributed by atoms with Gasteiger partial charge >= 0.3 is 0 Å². The Balaban J connectivity index is 2.07. The molecule has 1 aromatic rings. The summed E-state index contributed by atoms with van der Waals surface area (Å²) in [5.41, 5.74) is 1.28. The van der Waals surface area contributed by atoms with E-state index in [0.29, 0.717) is 0 Å². The van der Waals surface area contributed by atoms with E-state index in [0.717, 1.165) is 25.6 Å². The molecule has 0 aromatic carbocycles. The van der Waals surface area contributed by atoms with Gasteiger partial charge in [-0.3, -0.25) is 0 Å². The summed E-state index contributed by atoms with van der Waals surface area (Å²) in [5, 5.41) is 3.48. The molecular weight excluding hydrogens is 198 g/mol. The molecule has 0 fully saturated rings. The standard InChI is InChI=1S/C13H25N3/c1-4-16-11-15-10-13(16)9-14-8-6-5-7-12(2)3/h10-12,14H,4-9H2,1-3H3. The zero-order valence-electron chi connectivity index (χ0n) is 10.9. The van der Waals surface area contributed by atoms with Crippen molar-refractivity contribution in [3.8, 4) is 0 Å². The zero-order chi connectivity index (χ0) is 11.8. The molecule has 3 nitrogen and oxygen atoms in total. The quantitative estimate of drug-likeness (QED) is 0.687. The van der Waals surface area contributed by atoms with Crippen LogP contribution >= 0.6 is 0 Å². The SMILES string of the molecule is CCn1cncc1CNCCCCC(C)C. The number of unbranched alkanes of at least 4 members (excludes halogenated alkanes) is 1. The molecule has 1 N–H and O–H groups in total. The molecule has 0 saturated heterocycles. The first-order valence-electron chi connectivity index (χ1n) is 6.43. The zero-order valence-corrected chi connectivity index (χ0v) is 10.9. The third kappa shape index (κ3) is 4.79. The Hall–Kier alpha value is -0.830. The minimum Gasteiger partial charge on any atom is -0.334 e. The van der Waals surface area contributed by atoms with Gasteiger partial charge < -0.3 is 9.88 Å². The first kappa shape index (κ1) is 13.2. The second kappa shape index (κ2) is 7.44. The van der Waals surface area contributed by atoms with Crippen molar-refractivity contribution in [3.63, 3.8) is 0 Å². The number of hydrogen-bond acceptors (Lipinski definition) is 2. The van der Waals surface area contributed by atoms with Gasteiger partial charge in [0.15, 0.2) is 0 Å². The van der Waals surface area contributed by atoms with Gasteiger partial charge in [-0.05, 0) is 25.8 Å². The lowest BCUT2D eigenvalue weighted by atomic mass is 10.1. The fraction of sp³-hybridized carbons (Fsp3) is 0.769. The van der Waals surface area contributed by atoms with Gasteiger partial charge in [0.2, 0.25) is 0 Å². The fourth-order valence-electron chi connectivity index (χ4n) is 1.80. The van der Waals surface area contributed by atoms with E-state index in [2.05, 4.69) is 35.6 Å². The van der Waals surface area contributed by atoms with Crippen LogP contribution in [0.3, 0.4) is 0 Å². The lowest BCUT2D eigenvalue weighted by Gasteiger charge is -2.07. The van der Waals surface area contributed by atoms with Crippen molar-refractivity contribution in [1.29, 1.82) is 0 Å². The number of rotatable bonds is 8. The average molecular weight is 223 g/mol. The summed E-state index contributed by atoms with van der Waals surface area (Å²) in [7, 11) is 0. The molecule has 0 bridgehead atoms. The van der Waals surface area contributed by atoms with Crippen molar-refractivity contribution in [1.82, 2.24) is 14.9 Å². The summed E-state index contributed by atoms with van der Waals surface area (Å²) in [6.07, 6.45) is 7.80. The number of nitrogens with zero attached hydrogens (tertiary/aromatic N) is 2. The first-order valence-corrected chi connectivity index (χ1v) is 6.43. The molecule has 0 aliphatic heterocycles. The van der Waals surface area contributed by atoms with Crippen molar-refractivity contribution >= 4 is 0 Å². The fourth-order valence-corrected chi connectivity index (χ4v) is 1.80. The number of imidazole rings is 1. The minimum atomic E-state index is 0.835. The Kier molecular flexibility index (Phi) is 6.16. The van der Waals surface area contributed by atoms with Crippen LogP contribution in [0, 0.1) is 5.92 Å². The Morgan fingerprint density at radius 3 is 2.88 bits per heavy atom. The molecule has 0 spiro atoms. The molecule has 1 heterocycles. The van der Waals surface area contributed by atoms with E-state index in [-0.39, 0.29) is 0 Å². The van der Waals surface area contributed by atoms with E-state index in [4.69, 9.17) is 0 Å². The second-order valence-corrected chi connectivity index (χ2v) is 4.74. The molecule has 1 rings (SSSR count). The van der Waals surface area contributed by atoms with E-state index in [1.807, 2.05) is 12.5 Å². The van der Waals surface area contributed by atoms with Gasteiger partial charge in [-0.2, -0.15) is 0 Å². The summed E-state index contributed by atoms with van der Waals surface area (Å²) in [4.78, 5) is 4.15. The number of nitrogens with one attached hydrogen (secondary N) is 1. The van der Waals surface area contributed by atoms with Crippen molar-refractivity contribution in [2.75, 3.05) is 6.54 Å². The molecular formula is C13H25N3. The van der Waals surface area contributed by atoms with Gasteiger partial charge in [0.1, 0.15) is 0 Å². The van der Waals surface area contributed by atoms with Crippen LogP contribution in [0.5, 0.6) is 0 Å². The predicted molar refractivity (Wildman–Crippen MR) is 68.3 cm³/mol. The monoisotopic (exact) mass is 223 g/mol. The number of aromatic nitrogens is 2. The van der Waals surface area contributed by atoms with Crippen molar-refractivity contribution in [2.45, 2.75) is 53.1 Å². The van der Waals surface area contributed by atoms with Gasteiger partial charge in [0, 0.05) is 19.3 Å². The third-order valence-electron chi connectivity index (χ3n) is 2.83. The van der Waals surface area contributed by atoms with Crippen LogP contribution in [-0.2, 0) is 13.1 Å². The van der Waals surface area contributed by atoms with Crippen LogP contribution in [0.1, 0.15) is 45.7 Å². The third-order valence-corrected chi connectivity index (χ3v) is 2.83. The molecule has 0 radical (unpaired) electrons. The maximum atomic E-state index is 4.15. The summed E-state index contributed by atoms with van der Waals surface area (Å²) < 4.78 is 2.18. The second-order valence-electron chi connectivity index (χ2n) is 4.74. The molecule has 0 saturated carbocycles. The largest absolute Gasteiger partial charge is 0.334 e. The van der Waals surface area contributed by atoms with E-state index >= 15 is 0 Å². The smallest absolute Gasteiger partial charge is 0.0948 e. The van der Waals surface area contributed by atoms with Crippen LogP contribution in [0.4, 0.5) is 0 Å². The lowest BCUT2D eigenvalue weighted by molar-refractivity contribution is 0.516. The predicted octanol–water partition coefficient (Wildman–Crippen LogP) is 2.82. The molecule has 0 aliphatic rings.